The Morgan fingerprint density at radius 3 is 1.40 bits per heavy atom. The van der Waals surface area contributed by atoms with Crippen LogP contribution >= 0.6 is 0 Å². The number of nitrogens with one attached hydrogen (secondary N) is 4. The Morgan fingerprint density at radius 1 is 0.618 bits per heavy atom. The summed E-state index contributed by atoms with van der Waals surface area (Å²) in [7, 11) is 3.96. The van der Waals surface area contributed by atoms with Gasteiger partial charge < -0.3 is 55.3 Å². The Kier molecular flexibility index (Phi) is 15.6. The van der Waals surface area contributed by atoms with E-state index in [-0.39, 0.29) is 18.6 Å². The zero-order valence-electron chi connectivity index (χ0n) is 39.1. The largest absolute Gasteiger partial charge is 0.465 e. The Balaban J connectivity index is 1.18. The number of carbonyl (C=O) groups excluding carboxylic acids is 5. The molecule has 3 heterocycles. The summed E-state index contributed by atoms with van der Waals surface area (Å²) in [5, 5.41) is 20.0. The number of methoxy groups -OCH3 is 3. The van der Waals surface area contributed by atoms with E-state index in [9.17, 15) is 47.0 Å². The van der Waals surface area contributed by atoms with Gasteiger partial charge in [0.05, 0.1) is 36.0 Å². The van der Waals surface area contributed by atoms with Gasteiger partial charge in [-0.15, -0.1) is 0 Å². The van der Waals surface area contributed by atoms with Crippen LogP contribution in [0, 0.1) is 0 Å². The standard InChI is InChI=1S/C48H60F3N7O10/c1-46(2,67-6)38(54-44(63)64)42(61)56-26-8-10-36(56)40(59)52-31-18-12-28(13-19-31)34-24-25-35(58(34)33-22-16-30(17-23-33)48(49,50)51)29-14-20-32(21-15-29)53-41(60)37-11-9-27-57(37)43(62)39(47(3,4)68-7)55-45(65)66-5/h12-23,34-39,54H,8-11,24-27H2,1-7H3,(H,52,59)(H,53,60)(H,55,65)(H,63,64)/t34-,35-,36+,37?,38-,39-/m1/s1. The van der Waals surface area contributed by atoms with Crippen molar-refractivity contribution < 1.29 is 61.3 Å². The predicted octanol–water partition coefficient (Wildman–Crippen LogP) is 6.86. The molecule has 3 aromatic rings. The van der Waals surface area contributed by atoms with Gasteiger partial charge in [-0.3, -0.25) is 19.2 Å². The van der Waals surface area contributed by atoms with E-state index in [0.29, 0.717) is 62.1 Å². The van der Waals surface area contributed by atoms with Crippen LogP contribution in [0.1, 0.15) is 95.0 Å². The summed E-state index contributed by atoms with van der Waals surface area (Å²) in [4.78, 5) is 83.5. The van der Waals surface area contributed by atoms with Crippen LogP contribution in [0.3, 0.4) is 0 Å². The summed E-state index contributed by atoms with van der Waals surface area (Å²) >= 11 is 0. The lowest BCUT2D eigenvalue weighted by molar-refractivity contribution is -0.144. The summed E-state index contributed by atoms with van der Waals surface area (Å²) in [5.74, 6) is -1.93. The molecule has 0 saturated carbocycles. The van der Waals surface area contributed by atoms with Crippen molar-refractivity contribution in [2.45, 2.75) is 120 Å². The number of carbonyl (C=O) groups is 6. The number of rotatable bonds is 15. The lowest BCUT2D eigenvalue weighted by atomic mass is 9.96. The quantitative estimate of drug-likeness (QED) is 0.106. The van der Waals surface area contributed by atoms with E-state index in [0.717, 1.165) is 23.3 Å². The molecule has 3 aromatic carbocycles. The molecule has 6 amide bonds. The second kappa shape index (κ2) is 20.8. The second-order valence-electron chi connectivity index (χ2n) is 18.2. The van der Waals surface area contributed by atoms with Crippen LogP contribution in [-0.4, -0.2) is 121 Å². The van der Waals surface area contributed by atoms with Crippen molar-refractivity contribution in [2.24, 2.45) is 0 Å². The first kappa shape index (κ1) is 51.0. The van der Waals surface area contributed by atoms with Crippen LogP contribution < -0.4 is 26.2 Å². The third-order valence-corrected chi connectivity index (χ3v) is 13.3. The zero-order valence-corrected chi connectivity index (χ0v) is 39.1. The molecule has 368 valence electrons. The number of likely N-dealkylation sites (tertiary alicyclic amines) is 2. The van der Waals surface area contributed by atoms with Crippen molar-refractivity contribution in [2.75, 3.05) is 50.0 Å². The Bertz CT molecular complexity index is 2310. The number of nitrogens with zero attached hydrogens (tertiary/aromatic N) is 3. The first-order valence-corrected chi connectivity index (χ1v) is 22.4. The van der Waals surface area contributed by atoms with Gasteiger partial charge in [-0.1, -0.05) is 24.3 Å². The van der Waals surface area contributed by atoms with Crippen LogP contribution in [-0.2, 0) is 39.6 Å². The highest BCUT2D eigenvalue weighted by Crippen LogP contribution is 2.48. The van der Waals surface area contributed by atoms with Gasteiger partial charge in [0, 0.05) is 44.4 Å². The summed E-state index contributed by atoms with van der Waals surface area (Å²) in [6.45, 7) is 6.99. The van der Waals surface area contributed by atoms with Crippen molar-refractivity contribution in [3.63, 3.8) is 0 Å². The van der Waals surface area contributed by atoms with Crippen molar-refractivity contribution in [1.82, 2.24) is 20.4 Å². The van der Waals surface area contributed by atoms with E-state index < -0.39 is 82.9 Å². The minimum atomic E-state index is -4.53. The molecular formula is C48H60F3N7O10. The van der Waals surface area contributed by atoms with E-state index >= 15 is 0 Å². The lowest BCUT2D eigenvalue weighted by Crippen LogP contribution is -2.60. The number of alkyl carbamates (subject to hydrolysis) is 1. The number of hydrogen-bond acceptors (Lipinski definition) is 10. The maximum Gasteiger partial charge on any atom is 0.416 e. The van der Waals surface area contributed by atoms with Gasteiger partial charge in [-0.2, -0.15) is 13.2 Å². The Hall–Kier alpha value is -6.41. The topological polar surface area (TPSA) is 208 Å². The summed E-state index contributed by atoms with van der Waals surface area (Å²) in [6, 6.07) is 14.6. The first-order valence-electron chi connectivity index (χ1n) is 22.4. The second-order valence-corrected chi connectivity index (χ2v) is 18.2. The third kappa shape index (κ3) is 11.3. The number of carboxylic acid groups (broad SMARTS) is 1. The molecule has 0 spiro atoms. The van der Waals surface area contributed by atoms with Crippen molar-refractivity contribution in [1.29, 1.82) is 0 Å². The molecular weight excluding hydrogens is 892 g/mol. The highest BCUT2D eigenvalue weighted by atomic mass is 19.4. The lowest BCUT2D eigenvalue weighted by Gasteiger charge is -2.36. The number of halogens is 3. The van der Waals surface area contributed by atoms with Crippen molar-refractivity contribution in [3.8, 4) is 0 Å². The maximum atomic E-state index is 13.8. The SMILES string of the molecule is COC(=O)N[C@H](C(=O)N1CCCC1C(=O)Nc1ccc([C@H]2CC[C@H](c3ccc(NC(=O)[C@@H]4CCCN4C(=O)[C@@H](NC(=O)O)C(C)(C)OC)cc3)N2c2ccc(C(F)(F)F)cc2)cc1)C(C)(C)OC. The number of hydrogen-bond donors (Lipinski definition) is 5. The Morgan fingerprint density at radius 2 is 1.03 bits per heavy atom. The molecule has 0 aliphatic carbocycles. The number of amides is 6. The molecule has 0 bridgehead atoms. The van der Waals surface area contributed by atoms with Gasteiger partial charge in [0.25, 0.3) is 0 Å². The van der Waals surface area contributed by atoms with Crippen LogP contribution in [0.25, 0.3) is 0 Å². The van der Waals surface area contributed by atoms with E-state index in [2.05, 4.69) is 26.2 Å². The van der Waals surface area contributed by atoms with E-state index in [1.54, 1.807) is 52.0 Å². The molecule has 1 unspecified atom stereocenters. The molecule has 6 atom stereocenters. The smallest absolute Gasteiger partial charge is 0.416 e. The summed E-state index contributed by atoms with van der Waals surface area (Å²) in [5.41, 5.74) is 0.0422. The number of ether oxygens (including phenoxy) is 3. The van der Waals surface area contributed by atoms with Crippen molar-refractivity contribution in [3.05, 3.63) is 89.5 Å². The molecule has 68 heavy (non-hydrogen) atoms. The molecule has 3 aliphatic rings. The average molecular weight is 952 g/mol. The van der Waals surface area contributed by atoms with Gasteiger partial charge in [0.1, 0.15) is 24.2 Å². The van der Waals surface area contributed by atoms with Crippen LogP contribution in [0.5, 0.6) is 0 Å². The van der Waals surface area contributed by atoms with Gasteiger partial charge in [-0.25, -0.2) is 9.59 Å². The fraction of sp³-hybridized carbons (Fsp3) is 0.500. The first-order chi connectivity index (χ1) is 32.1. The molecule has 3 saturated heterocycles. The number of benzene rings is 3. The van der Waals surface area contributed by atoms with Crippen LogP contribution in [0.4, 0.5) is 39.8 Å². The highest BCUT2D eigenvalue weighted by Gasteiger charge is 2.46. The third-order valence-electron chi connectivity index (χ3n) is 13.3. The average Bonchev–Trinajstić information content (AvgIpc) is 4.11. The molecule has 20 heteroatoms. The van der Waals surface area contributed by atoms with Gasteiger partial charge in [0.15, 0.2) is 0 Å². The number of anilines is 3. The van der Waals surface area contributed by atoms with Crippen LogP contribution in [0.15, 0.2) is 72.8 Å². The van der Waals surface area contributed by atoms with Crippen molar-refractivity contribution >= 4 is 52.9 Å². The summed E-state index contributed by atoms with van der Waals surface area (Å²) in [6.07, 6.45) is -3.65. The minimum Gasteiger partial charge on any atom is -0.465 e. The minimum absolute atomic E-state index is 0.253. The normalized spacial score (nSPS) is 20.6. The zero-order chi connectivity index (χ0) is 49.7. The fourth-order valence-corrected chi connectivity index (χ4v) is 9.22. The van der Waals surface area contributed by atoms with E-state index in [1.807, 2.05) is 24.3 Å². The molecule has 5 N–H and O–H groups in total. The monoisotopic (exact) mass is 951 g/mol. The van der Waals surface area contributed by atoms with E-state index in [4.69, 9.17) is 14.2 Å². The predicted molar refractivity (Wildman–Crippen MR) is 245 cm³/mol. The van der Waals surface area contributed by atoms with Gasteiger partial charge >= 0.3 is 18.4 Å². The summed E-state index contributed by atoms with van der Waals surface area (Å²) < 4.78 is 56.7. The number of alkyl halides is 3. The molecule has 17 nitrogen and oxygen atoms in total. The molecule has 3 aliphatic heterocycles. The Labute approximate surface area is 393 Å². The van der Waals surface area contributed by atoms with Gasteiger partial charge in [0.2, 0.25) is 23.6 Å². The van der Waals surface area contributed by atoms with E-state index in [1.165, 1.54) is 43.3 Å². The fourth-order valence-electron chi connectivity index (χ4n) is 9.22. The molecule has 6 rings (SSSR count). The molecule has 0 radical (unpaired) electrons. The van der Waals surface area contributed by atoms with Gasteiger partial charge in [-0.05, 0) is 126 Å². The van der Waals surface area contributed by atoms with Crippen LogP contribution in [0.2, 0.25) is 0 Å². The highest BCUT2D eigenvalue weighted by molar-refractivity contribution is 6.00. The molecule has 3 fully saturated rings. The maximum absolute atomic E-state index is 13.8. The molecule has 0 aromatic heterocycles.